The fourth-order valence-electron chi connectivity index (χ4n) is 1.08. The Morgan fingerprint density at radius 3 is 1.75 bits per heavy atom. The van der Waals surface area contributed by atoms with Crippen LogP contribution < -0.4 is 0 Å². The van der Waals surface area contributed by atoms with Gasteiger partial charge in [0.15, 0.2) is 0 Å². The van der Waals surface area contributed by atoms with Crippen molar-refractivity contribution in [1.82, 2.24) is 0 Å². The maximum atomic E-state index is 8.91. The third-order valence-electron chi connectivity index (χ3n) is 1.57. The standard InChI is InChI=1S/C6H12O.GeH4/c7-6-4-2-1-3-5-6;/h6-7H,1-5H2;1H4. The average Bonchev–Trinajstić information content (AvgIpc) is 1.69. The molecule has 8 heavy (non-hydrogen) atoms. The first-order chi connectivity index (χ1) is 3.39. The zero-order valence-electron chi connectivity index (χ0n) is 4.56. The van der Waals surface area contributed by atoms with Gasteiger partial charge in [-0.2, -0.15) is 0 Å². The molecule has 0 amide bonds. The van der Waals surface area contributed by atoms with E-state index in [2.05, 4.69) is 0 Å². The van der Waals surface area contributed by atoms with Gasteiger partial charge in [0.05, 0.1) is 6.10 Å². The molecule has 50 valence electrons. The molecule has 1 fully saturated rings. The van der Waals surface area contributed by atoms with E-state index in [9.17, 15) is 0 Å². The number of aliphatic hydroxyl groups excluding tert-OH is 1. The molecule has 0 heterocycles. The van der Waals surface area contributed by atoms with E-state index < -0.39 is 0 Å². The molecule has 0 atom stereocenters. The molecule has 0 aliphatic heterocycles. The molecule has 2 heteroatoms. The van der Waals surface area contributed by atoms with Gasteiger partial charge in [-0.05, 0) is 12.8 Å². The first kappa shape index (κ1) is 8.50. The van der Waals surface area contributed by atoms with Crippen LogP contribution in [0.2, 0.25) is 0 Å². The zero-order valence-corrected chi connectivity index (χ0v) is 4.56. The number of hydrogen-bond donors (Lipinski definition) is 1. The molecular weight excluding hydrogens is 161 g/mol. The van der Waals surface area contributed by atoms with Gasteiger partial charge >= 0.3 is 17.6 Å². The summed E-state index contributed by atoms with van der Waals surface area (Å²) in [5.41, 5.74) is 0. The number of rotatable bonds is 0. The first-order valence-corrected chi connectivity index (χ1v) is 3.07. The summed E-state index contributed by atoms with van der Waals surface area (Å²) in [6.45, 7) is 0. The molecule has 0 bridgehead atoms. The van der Waals surface area contributed by atoms with Crippen molar-refractivity contribution < 1.29 is 5.11 Å². The summed E-state index contributed by atoms with van der Waals surface area (Å²) in [6.07, 6.45) is 5.92. The van der Waals surface area contributed by atoms with Gasteiger partial charge in [0.2, 0.25) is 0 Å². The predicted octanol–water partition coefficient (Wildman–Crippen LogP) is -0.140. The van der Waals surface area contributed by atoms with Crippen molar-refractivity contribution >= 4 is 17.6 Å². The second-order valence-corrected chi connectivity index (χ2v) is 2.29. The summed E-state index contributed by atoms with van der Waals surface area (Å²) in [4.78, 5) is 0. The molecule has 0 saturated heterocycles. The molecule has 1 rings (SSSR count). The summed E-state index contributed by atoms with van der Waals surface area (Å²) in [5, 5.41) is 8.91. The van der Waals surface area contributed by atoms with Crippen LogP contribution >= 0.6 is 0 Å². The van der Waals surface area contributed by atoms with Crippen LogP contribution in [0.25, 0.3) is 0 Å². The van der Waals surface area contributed by atoms with Gasteiger partial charge in [-0.3, -0.25) is 0 Å². The Morgan fingerprint density at radius 2 is 1.50 bits per heavy atom. The van der Waals surface area contributed by atoms with Gasteiger partial charge in [0, 0.05) is 0 Å². The molecule has 1 N–H and O–H groups in total. The van der Waals surface area contributed by atoms with E-state index in [1.54, 1.807) is 0 Å². The molecule has 0 spiro atoms. The summed E-state index contributed by atoms with van der Waals surface area (Å²) in [5.74, 6) is 0. The monoisotopic (exact) mass is 178 g/mol. The normalized spacial score (nSPS) is 22.1. The van der Waals surface area contributed by atoms with Gasteiger partial charge in [-0.1, -0.05) is 19.3 Å². The fraction of sp³-hybridized carbons (Fsp3) is 1.00. The van der Waals surface area contributed by atoms with Crippen LogP contribution in [-0.2, 0) is 0 Å². The van der Waals surface area contributed by atoms with Gasteiger partial charge in [-0.15, -0.1) is 0 Å². The van der Waals surface area contributed by atoms with Gasteiger partial charge in [0.25, 0.3) is 0 Å². The Labute approximate surface area is 61.4 Å². The third-order valence-corrected chi connectivity index (χ3v) is 1.57. The summed E-state index contributed by atoms with van der Waals surface area (Å²) in [7, 11) is 0. The van der Waals surface area contributed by atoms with E-state index in [1.165, 1.54) is 19.3 Å². The van der Waals surface area contributed by atoms with Crippen molar-refractivity contribution in [2.45, 2.75) is 38.2 Å². The van der Waals surface area contributed by atoms with Crippen LogP contribution in [0.15, 0.2) is 0 Å². The van der Waals surface area contributed by atoms with Crippen LogP contribution in [0.3, 0.4) is 0 Å². The summed E-state index contributed by atoms with van der Waals surface area (Å²) >= 11 is 0. The van der Waals surface area contributed by atoms with E-state index >= 15 is 0 Å². The van der Waals surface area contributed by atoms with Gasteiger partial charge in [-0.25, -0.2) is 0 Å². The Morgan fingerprint density at radius 1 is 1.00 bits per heavy atom. The molecule has 0 aromatic carbocycles. The molecule has 1 aliphatic carbocycles. The van der Waals surface area contributed by atoms with Crippen LogP contribution in [0.5, 0.6) is 0 Å². The van der Waals surface area contributed by atoms with Crippen molar-refractivity contribution in [2.24, 2.45) is 0 Å². The van der Waals surface area contributed by atoms with Crippen LogP contribution in [0, 0.1) is 0 Å². The predicted molar refractivity (Wildman–Crippen MR) is 40.4 cm³/mol. The van der Waals surface area contributed by atoms with Crippen LogP contribution in [0.4, 0.5) is 0 Å². The Hall–Kier alpha value is 0.503. The summed E-state index contributed by atoms with van der Waals surface area (Å²) < 4.78 is 0. The van der Waals surface area contributed by atoms with E-state index in [4.69, 9.17) is 5.11 Å². The van der Waals surface area contributed by atoms with Crippen molar-refractivity contribution in [3.63, 3.8) is 0 Å². The maximum absolute atomic E-state index is 8.91. The van der Waals surface area contributed by atoms with Crippen molar-refractivity contribution in [1.29, 1.82) is 0 Å². The molecule has 0 unspecified atom stereocenters. The quantitative estimate of drug-likeness (QED) is 0.510. The van der Waals surface area contributed by atoms with Crippen LogP contribution in [0.1, 0.15) is 32.1 Å². The number of hydrogen-bond acceptors (Lipinski definition) is 1. The van der Waals surface area contributed by atoms with Crippen LogP contribution in [-0.4, -0.2) is 28.8 Å². The second kappa shape index (κ2) is 4.39. The minimum absolute atomic E-state index is 0. The van der Waals surface area contributed by atoms with Crippen molar-refractivity contribution in [3.8, 4) is 0 Å². The van der Waals surface area contributed by atoms with Gasteiger partial charge in [0.1, 0.15) is 0 Å². The molecule has 0 radical (unpaired) electrons. The molecule has 0 aromatic rings. The Kier molecular flexibility index (Phi) is 4.66. The van der Waals surface area contributed by atoms with Crippen molar-refractivity contribution in [2.75, 3.05) is 0 Å². The average molecular weight is 177 g/mol. The molecule has 1 saturated carbocycles. The third kappa shape index (κ3) is 2.72. The Bertz CT molecular complexity index is 50.5. The van der Waals surface area contributed by atoms with Crippen molar-refractivity contribution in [3.05, 3.63) is 0 Å². The van der Waals surface area contributed by atoms with E-state index in [0.717, 1.165) is 12.8 Å². The van der Waals surface area contributed by atoms with Gasteiger partial charge < -0.3 is 5.11 Å². The minimum atomic E-state index is 0. The SMILES string of the molecule is OC1CCCCC1.[GeH4]. The topological polar surface area (TPSA) is 20.2 Å². The molecule has 1 nitrogen and oxygen atoms in total. The first-order valence-electron chi connectivity index (χ1n) is 3.07. The van der Waals surface area contributed by atoms with E-state index in [0.29, 0.717) is 0 Å². The molecule has 0 aromatic heterocycles. The zero-order chi connectivity index (χ0) is 5.11. The fourth-order valence-corrected chi connectivity index (χ4v) is 1.08. The Balaban J connectivity index is 0.000000490. The molecule has 1 aliphatic rings. The second-order valence-electron chi connectivity index (χ2n) is 2.29. The van der Waals surface area contributed by atoms with E-state index in [-0.39, 0.29) is 23.7 Å². The van der Waals surface area contributed by atoms with E-state index in [1.807, 2.05) is 0 Å². The molecular formula is C6H16GeO. The number of aliphatic hydroxyl groups is 1. The summed E-state index contributed by atoms with van der Waals surface area (Å²) in [6, 6.07) is 0.